The molecule has 18 heavy (non-hydrogen) atoms. The molecule has 0 spiro atoms. The molecule has 1 saturated carbocycles. The minimum absolute atomic E-state index is 0.232. The fourth-order valence-electron chi connectivity index (χ4n) is 3.28. The summed E-state index contributed by atoms with van der Waals surface area (Å²) in [6, 6.07) is 1.17. The molecule has 2 fully saturated rings. The van der Waals surface area contributed by atoms with Crippen molar-refractivity contribution >= 4 is 0 Å². The van der Waals surface area contributed by atoms with Crippen LogP contribution in [0.3, 0.4) is 0 Å². The number of nitrogens with zero attached hydrogens (tertiary/aromatic N) is 2. The van der Waals surface area contributed by atoms with Gasteiger partial charge in [-0.15, -0.1) is 0 Å². The molecule has 2 aliphatic rings. The van der Waals surface area contributed by atoms with E-state index in [0.717, 1.165) is 12.6 Å². The van der Waals surface area contributed by atoms with Gasteiger partial charge in [0.1, 0.15) is 0 Å². The Labute approximate surface area is 113 Å². The zero-order valence-corrected chi connectivity index (χ0v) is 12.5. The first kappa shape index (κ1) is 14.3. The van der Waals surface area contributed by atoms with E-state index in [1.54, 1.807) is 0 Å². The second-order valence-electron chi connectivity index (χ2n) is 7.03. The predicted molar refractivity (Wildman–Crippen MR) is 77.7 cm³/mol. The van der Waals surface area contributed by atoms with E-state index in [4.69, 9.17) is 5.73 Å². The molecule has 3 heteroatoms. The quantitative estimate of drug-likeness (QED) is 0.831. The van der Waals surface area contributed by atoms with E-state index in [0.29, 0.717) is 0 Å². The van der Waals surface area contributed by atoms with Crippen molar-refractivity contribution in [2.75, 3.05) is 32.7 Å². The lowest BCUT2D eigenvalue weighted by Gasteiger charge is -2.42. The number of rotatable bonds is 4. The van der Waals surface area contributed by atoms with Gasteiger partial charge in [0.2, 0.25) is 0 Å². The summed E-state index contributed by atoms with van der Waals surface area (Å²) in [7, 11) is 0. The van der Waals surface area contributed by atoms with Crippen molar-refractivity contribution in [2.45, 2.75) is 58.5 Å². The highest BCUT2D eigenvalue weighted by atomic mass is 15.3. The maximum atomic E-state index is 6.08. The molecule has 0 aromatic heterocycles. The van der Waals surface area contributed by atoms with Crippen molar-refractivity contribution in [2.24, 2.45) is 11.1 Å². The van der Waals surface area contributed by atoms with Crippen LogP contribution in [0.25, 0.3) is 0 Å². The molecule has 0 aromatic carbocycles. The third kappa shape index (κ3) is 3.46. The Morgan fingerprint density at radius 3 is 2.17 bits per heavy atom. The van der Waals surface area contributed by atoms with Crippen LogP contribution < -0.4 is 5.73 Å². The Morgan fingerprint density at radius 2 is 1.67 bits per heavy atom. The van der Waals surface area contributed by atoms with Gasteiger partial charge >= 0.3 is 0 Å². The van der Waals surface area contributed by atoms with E-state index in [9.17, 15) is 0 Å². The molecule has 2 N–H and O–H groups in total. The molecule has 1 aliphatic heterocycles. The first-order valence-corrected chi connectivity index (χ1v) is 7.71. The fourth-order valence-corrected chi connectivity index (χ4v) is 3.28. The van der Waals surface area contributed by atoms with Gasteiger partial charge in [0.25, 0.3) is 0 Å². The highest BCUT2D eigenvalue weighted by Gasteiger charge is 2.30. The van der Waals surface area contributed by atoms with Gasteiger partial charge in [-0.25, -0.2) is 0 Å². The van der Waals surface area contributed by atoms with Gasteiger partial charge in [-0.3, -0.25) is 4.90 Å². The van der Waals surface area contributed by atoms with Crippen LogP contribution in [0.5, 0.6) is 0 Å². The standard InChI is InChI=1S/C15H31N3/c1-13(16)15(2,3)12-17-8-10-18(11-9-17)14-6-4-5-7-14/h13-14H,4-12,16H2,1-3H3. The van der Waals surface area contributed by atoms with Gasteiger partial charge in [0.05, 0.1) is 0 Å². The van der Waals surface area contributed by atoms with Gasteiger partial charge in [-0.05, 0) is 25.2 Å². The number of hydrogen-bond donors (Lipinski definition) is 1. The smallest absolute Gasteiger partial charge is 0.0113 e. The van der Waals surface area contributed by atoms with Crippen LogP contribution in [0.4, 0.5) is 0 Å². The van der Waals surface area contributed by atoms with Gasteiger partial charge < -0.3 is 10.6 Å². The second kappa shape index (κ2) is 5.89. The van der Waals surface area contributed by atoms with E-state index in [1.165, 1.54) is 51.9 Å². The molecule has 1 heterocycles. The lowest BCUT2D eigenvalue weighted by molar-refractivity contribution is 0.0676. The van der Waals surface area contributed by atoms with E-state index in [-0.39, 0.29) is 11.5 Å². The SMILES string of the molecule is CC(N)C(C)(C)CN1CCN(C2CCCC2)CC1. The van der Waals surface area contributed by atoms with Crippen molar-refractivity contribution in [3.05, 3.63) is 0 Å². The summed E-state index contributed by atoms with van der Waals surface area (Å²) in [6.45, 7) is 12.8. The van der Waals surface area contributed by atoms with Crippen molar-refractivity contribution in [1.29, 1.82) is 0 Å². The summed E-state index contributed by atoms with van der Waals surface area (Å²) in [5.74, 6) is 0. The normalized spacial score (nSPS) is 26.7. The minimum atomic E-state index is 0.232. The maximum Gasteiger partial charge on any atom is 0.0113 e. The summed E-state index contributed by atoms with van der Waals surface area (Å²) in [6.07, 6.45) is 5.77. The van der Waals surface area contributed by atoms with E-state index >= 15 is 0 Å². The molecule has 1 saturated heterocycles. The molecular formula is C15H31N3. The second-order valence-corrected chi connectivity index (χ2v) is 7.03. The van der Waals surface area contributed by atoms with Crippen molar-refractivity contribution in [1.82, 2.24) is 9.80 Å². The van der Waals surface area contributed by atoms with E-state index < -0.39 is 0 Å². The zero-order valence-electron chi connectivity index (χ0n) is 12.5. The lowest BCUT2D eigenvalue weighted by Crippen LogP contribution is -2.53. The Morgan fingerprint density at radius 1 is 1.11 bits per heavy atom. The molecule has 1 aliphatic carbocycles. The third-order valence-electron chi connectivity index (χ3n) is 5.11. The van der Waals surface area contributed by atoms with Gasteiger partial charge in [0.15, 0.2) is 0 Å². The molecule has 0 amide bonds. The molecule has 1 atom stereocenters. The predicted octanol–water partition coefficient (Wildman–Crippen LogP) is 1.92. The minimum Gasteiger partial charge on any atom is -0.327 e. The summed E-state index contributed by atoms with van der Waals surface area (Å²) < 4.78 is 0. The van der Waals surface area contributed by atoms with Crippen LogP contribution in [-0.4, -0.2) is 54.6 Å². The topological polar surface area (TPSA) is 32.5 Å². The fraction of sp³-hybridized carbons (Fsp3) is 1.00. The van der Waals surface area contributed by atoms with Crippen LogP contribution >= 0.6 is 0 Å². The molecule has 3 nitrogen and oxygen atoms in total. The monoisotopic (exact) mass is 253 g/mol. The van der Waals surface area contributed by atoms with Gasteiger partial charge in [-0.1, -0.05) is 26.7 Å². The number of hydrogen-bond acceptors (Lipinski definition) is 3. The van der Waals surface area contributed by atoms with Crippen LogP contribution in [0, 0.1) is 5.41 Å². The van der Waals surface area contributed by atoms with Crippen molar-refractivity contribution in [3.8, 4) is 0 Å². The Hall–Kier alpha value is -0.120. The highest BCUT2D eigenvalue weighted by Crippen LogP contribution is 2.26. The largest absolute Gasteiger partial charge is 0.327 e. The summed E-state index contributed by atoms with van der Waals surface area (Å²) in [5, 5.41) is 0. The maximum absolute atomic E-state index is 6.08. The first-order valence-electron chi connectivity index (χ1n) is 7.71. The Bertz CT molecular complexity index is 248. The summed E-state index contributed by atoms with van der Waals surface area (Å²) in [4.78, 5) is 5.33. The lowest BCUT2D eigenvalue weighted by atomic mass is 9.85. The Kier molecular flexibility index (Phi) is 4.68. The molecule has 0 radical (unpaired) electrons. The van der Waals surface area contributed by atoms with E-state index in [2.05, 4.69) is 30.6 Å². The first-order chi connectivity index (χ1) is 8.49. The average molecular weight is 253 g/mol. The van der Waals surface area contributed by atoms with Crippen LogP contribution in [-0.2, 0) is 0 Å². The molecule has 1 unspecified atom stereocenters. The highest BCUT2D eigenvalue weighted by molar-refractivity contribution is 4.86. The molecule has 0 bridgehead atoms. The summed E-state index contributed by atoms with van der Waals surface area (Å²) in [5.41, 5.74) is 6.31. The van der Waals surface area contributed by atoms with Crippen molar-refractivity contribution < 1.29 is 0 Å². The third-order valence-corrected chi connectivity index (χ3v) is 5.11. The Balaban J connectivity index is 1.76. The average Bonchev–Trinajstić information content (AvgIpc) is 2.83. The zero-order chi connectivity index (χ0) is 13.2. The van der Waals surface area contributed by atoms with Crippen LogP contribution in [0.2, 0.25) is 0 Å². The van der Waals surface area contributed by atoms with Crippen LogP contribution in [0.15, 0.2) is 0 Å². The summed E-state index contributed by atoms with van der Waals surface area (Å²) >= 11 is 0. The van der Waals surface area contributed by atoms with Gasteiger partial charge in [-0.2, -0.15) is 0 Å². The number of piperazine rings is 1. The molecule has 106 valence electrons. The molecule has 0 aromatic rings. The van der Waals surface area contributed by atoms with Crippen molar-refractivity contribution in [3.63, 3.8) is 0 Å². The molecular weight excluding hydrogens is 222 g/mol. The molecule has 2 rings (SSSR count). The number of nitrogens with two attached hydrogens (primary N) is 1. The van der Waals surface area contributed by atoms with Crippen LogP contribution in [0.1, 0.15) is 46.5 Å². The van der Waals surface area contributed by atoms with E-state index in [1.807, 2.05) is 0 Å². The van der Waals surface area contributed by atoms with Gasteiger partial charge in [0, 0.05) is 44.8 Å².